The molecule has 0 radical (unpaired) electrons. The number of benzene rings is 1. The van der Waals surface area contributed by atoms with E-state index in [9.17, 15) is 9.90 Å². The average Bonchev–Trinajstić information content (AvgIpc) is 2.86. The van der Waals surface area contributed by atoms with Crippen LogP contribution in [-0.4, -0.2) is 38.2 Å². The molecule has 21 heavy (non-hydrogen) atoms. The highest BCUT2D eigenvalue weighted by molar-refractivity contribution is 5.97. The Balaban J connectivity index is 2.13. The standard InChI is InChI=1S/C15H22N4O2/c1-5-19-13-7-6-11(8-12(13)17-18-19)14(20)16-9-15(4,21)10(2)3/h6-8,10,21H,5,9H2,1-4H3,(H,16,20). The molecular weight excluding hydrogens is 268 g/mol. The van der Waals surface area contributed by atoms with Crippen LogP contribution in [0.5, 0.6) is 0 Å². The van der Waals surface area contributed by atoms with Gasteiger partial charge in [0.05, 0.1) is 11.1 Å². The summed E-state index contributed by atoms with van der Waals surface area (Å²) in [4.78, 5) is 12.2. The molecule has 0 saturated heterocycles. The van der Waals surface area contributed by atoms with Crippen LogP contribution in [0.25, 0.3) is 11.0 Å². The molecule has 1 unspecified atom stereocenters. The third-order valence-corrected chi connectivity index (χ3v) is 3.93. The molecule has 0 bridgehead atoms. The van der Waals surface area contributed by atoms with Crippen LogP contribution in [-0.2, 0) is 6.54 Å². The van der Waals surface area contributed by atoms with E-state index in [0.29, 0.717) is 11.1 Å². The van der Waals surface area contributed by atoms with Crippen LogP contribution in [0.2, 0.25) is 0 Å². The minimum atomic E-state index is -0.925. The summed E-state index contributed by atoms with van der Waals surface area (Å²) >= 11 is 0. The van der Waals surface area contributed by atoms with E-state index >= 15 is 0 Å². The quantitative estimate of drug-likeness (QED) is 0.876. The topological polar surface area (TPSA) is 80.0 Å². The molecule has 6 nitrogen and oxygen atoms in total. The van der Waals surface area contributed by atoms with Crippen LogP contribution in [0, 0.1) is 5.92 Å². The summed E-state index contributed by atoms with van der Waals surface area (Å²) in [6, 6.07) is 5.31. The minimum absolute atomic E-state index is 0.0599. The number of aliphatic hydroxyl groups is 1. The molecular formula is C15H22N4O2. The highest BCUT2D eigenvalue weighted by Crippen LogP contribution is 2.16. The van der Waals surface area contributed by atoms with Gasteiger partial charge in [0.25, 0.3) is 5.91 Å². The summed E-state index contributed by atoms with van der Waals surface area (Å²) in [7, 11) is 0. The first-order chi connectivity index (χ1) is 9.85. The van der Waals surface area contributed by atoms with Crippen LogP contribution in [0.15, 0.2) is 18.2 Å². The molecule has 0 aliphatic rings. The van der Waals surface area contributed by atoms with Crippen molar-refractivity contribution in [2.75, 3.05) is 6.54 Å². The molecule has 1 atom stereocenters. The normalized spacial score (nSPS) is 14.4. The summed E-state index contributed by atoms with van der Waals surface area (Å²) < 4.78 is 1.78. The summed E-state index contributed by atoms with van der Waals surface area (Å²) in [6.07, 6.45) is 0. The molecule has 6 heteroatoms. The van der Waals surface area contributed by atoms with Crippen LogP contribution < -0.4 is 5.32 Å². The molecule has 2 aromatic rings. The third kappa shape index (κ3) is 3.21. The molecule has 0 fully saturated rings. The molecule has 0 aliphatic heterocycles. The number of hydrogen-bond donors (Lipinski definition) is 2. The molecule has 1 aromatic carbocycles. The van der Waals surface area contributed by atoms with Crippen LogP contribution in [0.1, 0.15) is 38.1 Å². The number of amides is 1. The van der Waals surface area contributed by atoms with Crippen molar-refractivity contribution < 1.29 is 9.90 Å². The number of nitrogens with one attached hydrogen (secondary N) is 1. The maximum atomic E-state index is 12.2. The van der Waals surface area contributed by atoms with Gasteiger partial charge in [0.15, 0.2) is 0 Å². The molecule has 1 heterocycles. The van der Waals surface area contributed by atoms with Crippen molar-refractivity contribution in [3.63, 3.8) is 0 Å². The highest BCUT2D eigenvalue weighted by atomic mass is 16.3. The average molecular weight is 290 g/mol. The number of carbonyl (C=O) groups excluding carboxylic acids is 1. The number of hydrogen-bond acceptors (Lipinski definition) is 4. The lowest BCUT2D eigenvalue weighted by molar-refractivity contribution is 0.0142. The predicted molar refractivity (Wildman–Crippen MR) is 81.0 cm³/mol. The first kappa shape index (κ1) is 15.4. The summed E-state index contributed by atoms with van der Waals surface area (Å²) in [5, 5.41) is 21.0. The summed E-state index contributed by atoms with van der Waals surface area (Å²) in [5.74, 6) is -0.159. The third-order valence-electron chi connectivity index (χ3n) is 3.93. The predicted octanol–water partition coefficient (Wildman–Crippen LogP) is 1.59. The van der Waals surface area contributed by atoms with E-state index in [4.69, 9.17) is 0 Å². The number of aromatic nitrogens is 3. The Morgan fingerprint density at radius 3 is 2.81 bits per heavy atom. The Kier molecular flexibility index (Phi) is 4.27. The molecule has 1 aromatic heterocycles. The fourth-order valence-electron chi connectivity index (χ4n) is 1.91. The Hall–Kier alpha value is -1.95. The zero-order valence-corrected chi connectivity index (χ0v) is 12.9. The molecule has 2 rings (SSSR count). The number of fused-ring (bicyclic) bond motifs is 1. The van der Waals surface area contributed by atoms with Gasteiger partial charge in [-0.2, -0.15) is 0 Å². The smallest absolute Gasteiger partial charge is 0.251 e. The van der Waals surface area contributed by atoms with Gasteiger partial charge in [-0.3, -0.25) is 4.79 Å². The largest absolute Gasteiger partial charge is 0.388 e. The van der Waals surface area contributed by atoms with Gasteiger partial charge in [-0.15, -0.1) is 5.10 Å². The van der Waals surface area contributed by atoms with Crippen molar-refractivity contribution in [3.05, 3.63) is 23.8 Å². The number of carbonyl (C=O) groups is 1. The molecule has 114 valence electrons. The van der Waals surface area contributed by atoms with Crippen molar-refractivity contribution in [2.24, 2.45) is 5.92 Å². The molecule has 1 amide bonds. The first-order valence-electron chi connectivity index (χ1n) is 7.19. The second-order valence-corrected chi connectivity index (χ2v) is 5.80. The van der Waals surface area contributed by atoms with E-state index in [1.807, 2.05) is 26.8 Å². The lowest BCUT2D eigenvalue weighted by Gasteiger charge is -2.27. The van der Waals surface area contributed by atoms with Gasteiger partial charge >= 0.3 is 0 Å². The van der Waals surface area contributed by atoms with Gasteiger partial charge in [0.1, 0.15) is 5.52 Å². The van der Waals surface area contributed by atoms with Crippen LogP contribution >= 0.6 is 0 Å². The molecule has 0 saturated carbocycles. The van der Waals surface area contributed by atoms with Crippen molar-refractivity contribution in [1.82, 2.24) is 20.3 Å². The fraction of sp³-hybridized carbons (Fsp3) is 0.533. The first-order valence-corrected chi connectivity index (χ1v) is 7.19. The summed E-state index contributed by atoms with van der Waals surface area (Å²) in [6.45, 7) is 8.49. The second kappa shape index (κ2) is 5.81. The van der Waals surface area contributed by atoms with E-state index < -0.39 is 5.60 Å². The van der Waals surface area contributed by atoms with Crippen molar-refractivity contribution in [3.8, 4) is 0 Å². The molecule has 2 N–H and O–H groups in total. The Morgan fingerprint density at radius 2 is 2.19 bits per heavy atom. The highest BCUT2D eigenvalue weighted by Gasteiger charge is 2.25. The van der Waals surface area contributed by atoms with Gasteiger partial charge < -0.3 is 10.4 Å². The lowest BCUT2D eigenvalue weighted by atomic mass is 9.92. The maximum Gasteiger partial charge on any atom is 0.251 e. The van der Waals surface area contributed by atoms with Gasteiger partial charge in [0, 0.05) is 18.7 Å². The fourth-order valence-corrected chi connectivity index (χ4v) is 1.91. The number of aryl methyl sites for hydroxylation is 1. The van der Waals surface area contributed by atoms with E-state index in [-0.39, 0.29) is 18.4 Å². The lowest BCUT2D eigenvalue weighted by Crippen LogP contribution is -2.44. The van der Waals surface area contributed by atoms with Gasteiger partial charge in [-0.25, -0.2) is 4.68 Å². The second-order valence-electron chi connectivity index (χ2n) is 5.80. The Bertz CT molecular complexity index is 646. The number of rotatable bonds is 5. The molecule has 0 spiro atoms. The maximum absolute atomic E-state index is 12.2. The summed E-state index contributed by atoms with van der Waals surface area (Å²) in [5.41, 5.74) is 1.19. The van der Waals surface area contributed by atoms with Gasteiger partial charge in [-0.05, 0) is 38.0 Å². The minimum Gasteiger partial charge on any atom is -0.388 e. The zero-order chi connectivity index (χ0) is 15.6. The van der Waals surface area contributed by atoms with E-state index in [0.717, 1.165) is 12.1 Å². The van der Waals surface area contributed by atoms with Gasteiger partial charge in [-0.1, -0.05) is 19.1 Å². The Labute approximate surface area is 124 Å². The van der Waals surface area contributed by atoms with E-state index in [2.05, 4.69) is 15.6 Å². The van der Waals surface area contributed by atoms with Crippen LogP contribution in [0.3, 0.4) is 0 Å². The van der Waals surface area contributed by atoms with Crippen LogP contribution in [0.4, 0.5) is 0 Å². The van der Waals surface area contributed by atoms with Gasteiger partial charge in [0.2, 0.25) is 0 Å². The van der Waals surface area contributed by atoms with Crippen molar-refractivity contribution in [1.29, 1.82) is 0 Å². The Morgan fingerprint density at radius 1 is 1.48 bits per heavy atom. The van der Waals surface area contributed by atoms with Crippen molar-refractivity contribution >= 4 is 16.9 Å². The van der Waals surface area contributed by atoms with E-state index in [1.165, 1.54) is 0 Å². The number of nitrogens with zero attached hydrogens (tertiary/aromatic N) is 3. The zero-order valence-electron chi connectivity index (χ0n) is 12.9. The van der Waals surface area contributed by atoms with E-state index in [1.54, 1.807) is 23.7 Å². The monoisotopic (exact) mass is 290 g/mol. The van der Waals surface area contributed by atoms with Crippen molar-refractivity contribution in [2.45, 2.75) is 39.8 Å². The SMILES string of the molecule is CCn1nnc2cc(C(=O)NCC(C)(O)C(C)C)ccc21. The molecule has 0 aliphatic carbocycles.